The van der Waals surface area contributed by atoms with Crippen LogP contribution in [0.4, 0.5) is 10.1 Å². The minimum Gasteiger partial charge on any atom is -0.355 e. The van der Waals surface area contributed by atoms with E-state index in [1.807, 2.05) is 13.8 Å². The van der Waals surface area contributed by atoms with Crippen molar-refractivity contribution < 1.29 is 17.6 Å². The largest absolute Gasteiger partial charge is 0.355 e. The molecular weight excluding hydrogens is 367 g/mol. The van der Waals surface area contributed by atoms with E-state index in [0.29, 0.717) is 18.2 Å². The van der Waals surface area contributed by atoms with Gasteiger partial charge in [0.05, 0.1) is 10.3 Å². The quantitative estimate of drug-likeness (QED) is 0.761. The highest BCUT2D eigenvalue weighted by Crippen LogP contribution is 2.48. The van der Waals surface area contributed by atoms with Crippen molar-refractivity contribution in [3.05, 3.63) is 59.9 Å². The third-order valence-corrected chi connectivity index (χ3v) is 6.07. The predicted octanol–water partition coefficient (Wildman–Crippen LogP) is 3.43. The maximum Gasteiger partial charge on any atom is 0.261 e. The van der Waals surface area contributed by atoms with Gasteiger partial charge in [0.15, 0.2) is 0 Å². The van der Waals surface area contributed by atoms with Gasteiger partial charge in [0, 0.05) is 12.2 Å². The third-order valence-electron chi connectivity index (χ3n) is 4.67. The van der Waals surface area contributed by atoms with Crippen molar-refractivity contribution in [2.24, 2.45) is 5.92 Å². The molecule has 0 bridgehead atoms. The molecule has 0 aromatic heterocycles. The molecule has 0 unspecified atom stereocenters. The summed E-state index contributed by atoms with van der Waals surface area (Å²) >= 11 is 0. The normalized spacial score (nSPS) is 15.4. The van der Waals surface area contributed by atoms with Crippen molar-refractivity contribution in [1.82, 2.24) is 5.32 Å². The van der Waals surface area contributed by atoms with Crippen LogP contribution in [0.15, 0.2) is 53.4 Å². The molecule has 0 saturated heterocycles. The number of amides is 1. The zero-order chi connectivity index (χ0) is 19.7. The minimum absolute atomic E-state index is 0.0142. The first kappa shape index (κ1) is 19.4. The van der Waals surface area contributed by atoms with Crippen molar-refractivity contribution in [1.29, 1.82) is 0 Å². The molecule has 2 aromatic rings. The van der Waals surface area contributed by atoms with Gasteiger partial charge >= 0.3 is 0 Å². The van der Waals surface area contributed by atoms with E-state index in [9.17, 15) is 17.6 Å². The summed E-state index contributed by atoms with van der Waals surface area (Å²) in [5.74, 6) is -0.0902. The molecule has 2 aromatic carbocycles. The van der Waals surface area contributed by atoms with Crippen LogP contribution in [-0.4, -0.2) is 20.9 Å². The van der Waals surface area contributed by atoms with Gasteiger partial charge in [-0.3, -0.25) is 9.52 Å². The molecule has 0 radical (unpaired) electrons. The Kier molecular flexibility index (Phi) is 5.24. The lowest BCUT2D eigenvalue weighted by Gasteiger charge is -2.17. The summed E-state index contributed by atoms with van der Waals surface area (Å²) in [6.07, 6.45) is 1.58. The number of hydrogen-bond donors (Lipinski definition) is 2. The molecule has 7 heteroatoms. The lowest BCUT2D eigenvalue weighted by molar-refractivity contribution is -0.123. The highest BCUT2D eigenvalue weighted by Gasteiger charge is 2.51. The maximum atomic E-state index is 13.0. The van der Waals surface area contributed by atoms with E-state index in [4.69, 9.17) is 0 Å². The van der Waals surface area contributed by atoms with E-state index >= 15 is 0 Å². The summed E-state index contributed by atoms with van der Waals surface area (Å²) in [6.45, 7) is 4.72. The fourth-order valence-corrected chi connectivity index (χ4v) is 3.98. The van der Waals surface area contributed by atoms with E-state index in [2.05, 4.69) is 10.0 Å². The molecule has 0 heterocycles. The smallest absolute Gasteiger partial charge is 0.261 e. The number of benzene rings is 2. The molecule has 0 aliphatic heterocycles. The van der Waals surface area contributed by atoms with Gasteiger partial charge in [-0.25, -0.2) is 12.8 Å². The highest BCUT2D eigenvalue weighted by atomic mass is 32.2. The lowest BCUT2D eigenvalue weighted by Crippen LogP contribution is -2.36. The van der Waals surface area contributed by atoms with Gasteiger partial charge in [0.1, 0.15) is 5.82 Å². The van der Waals surface area contributed by atoms with E-state index in [-0.39, 0.29) is 10.8 Å². The van der Waals surface area contributed by atoms with Crippen molar-refractivity contribution in [2.45, 2.75) is 37.0 Å². The Bertz CT molecular complexity index is 919. The molecule has 5 nitrogen and oxygen atoms in total. The number of carbonyl (C=O) groups excluding carboxylic acids is 1. The van der Waals surface area contributed by atoms with Gasteiger partial charge < -0.3 is 5.32 Å². The minimum atomic E-state index is -3.79. The van der Waals surface area contributed by atoms with E-state index in [0.717, 1.165) is 30.5 Å². The number of carbonyl (C=O) groups is 1. The monoisotopic (exact) mass is 390 g/mol. The first-order valence-electron chi connectivity index (χ1n) is 8.90. The molecule has 3 rings (SSSR count). The summed E-state index contributed by atoms with van der Waals surface area (Å²) < 4.78 is 40.2. The Balaban J connectivity index is 1.72. The van der Waals surface area contributed by atoms with Crippen molar-refractivity contribution in [2.75, 3.05) is 11.3 Å². The molecule has 27 heavy (non-hydrogen) atoms. The van der Waals surface area contributed by atoms with E-state index < -0.39 is 21.3 Å². The van der Waals surface area contributed by atoms with Crippen molar-refractivity contribution in [3.63, 3.8) is 0 Å². The Morgan fingerprint density at radius 2 is 1.67 bits per heavy atom. The predicted molar refractivity (Wildman–Crippen MR) is 102 cm³/mol. The molecule has 1 saturated carbocycles. The summed E-state index contributed by atoms with van der Waals surface area (Å²) in [5.41, 5.74) is 0.776. The average Bonchev–Trinajstić information content (AvgIpc) is 3.42. The van der Waals surface area contributed by atoms with Gasteiger partial charge in [0.2, 0.25) is 5.91 Å². The van der Waals surface area contributed by atoms with Crippen LogP contribution in [0.1, 0.15) is 32.3 Å². The second-order valence-electron chi connectivity index (χ2n) is 7.32. The molecule has 144 valence electrons. The highest BCUT2D eigenvalue weighted by molar-refractivity contribution is 7.92. The molecule has 1 aliphatic rings. The first-order chi connectivity index (χ1) is 12.7. The van der Waals surface area contributed by atoms with Crippen LogP contribution in [0.3, 0.4) is 0 Å². The summed E-state index contributed by atoms with van der Waals surface area (Å²) in [4.78, 5) is 12.5. The van der Waals surface area contributed by atoms with E-state index in [1.54, 1.807) is 24.3 Å². The van der Waals surface area contributed by atoms with Gasteiger partial charge in [-0.2, -0.15) is 0 Å². The molecule has 1 aliphatic carbocycles. The fourth-order valence-electron chi connectivity index (χ4n) is 2.92. The lowest BCUT2D eigenvalue weighted by atomic mass is 9.94. The van der Waals surface area contributed by atoms with E-state index in [1.165, 1.54) is 12.1 Å². The molecular formula is C20H23FN2O3S. The number of nitrogens with one attached hydrogen (secondary N) is 2. The second-order valence-corrected chi connectivity index (χ2v) is 9.01. The molecule has 2 N–H and O–H groups in total. The number of anilines is 1. The van der Waals surface area contributed by atoms with Crippen LogP contribution in [-0.2, 0) is 20.2 Å². The maximum absolute atomic E-state index is 13.0. The van der Waals surface area contributed by atoms with Gasteiger partial charge in [-0.1, -0.05) is 26.0 Å². The first-order valence-corrected chi connectivity index (χ1v) is 10.4. The summed E-state index contributed by atoms with van der Waals surface area (Å²) in [6, 6.07) is 11.5. The van der Waals surface area contributed by atoms with Crippen molar-refractivity contribution in [3.8, 4) is 0 Å². The summed E-state index contributed by atoms with van der Waals surface area (Å²) in [7, 11) is -3.79. The van der Waals surface area contributed by atoms with Crippen molar-refractivity contribution >= 4 is 21.6 Å². The number of halogens is 1. The number of rotatable bonds is 7. The summed E-state index contributed by atoms with van der Waals surface area (Å²) in [5, 5.41) is 2.98. The van der Waals surface area contributed by atoms with Crippen LogP contribution in [0.5, 0.6) is 0 Å². The molecule has 0 spiro atoms. The third kappa shape index (κ3) is 4.30. The topological polar surface area (TPSA) is 75.3 Å². The fraction of sp³-hybridized carbons (Fsp3) is 0.350. The van der Waals surface area contributed by atoms with Crippen LogP contribution in [0, 0.1) is 11.7 Å². The average molecular weight is 390 g/mol. The Labute approximate surface area is 159 Å². The number of hydrogen-bond acceptors (Lipinski definition) is 3. The molecule has 1 amide bonds. The van der Waals surface area contributed by atoms with Gasteiger partial charge in [-0.05, 0) is 60.7 Å². The van der Waals surface area contributed by atoms with Crippen LogP contribution in [0.25, 0.3) is 0 Å². The molecule has 1 fully saturated rings. The second kappa shape index (κ2) is 7.31. The van der Waals surface area contributed by atoms with Crippen LogP contribution < -0.4 is 10.0 Å². The SMILES string of the molecule is CC(C)CNC(=O)C1(c2ccc(NS(=O)(=O)c3ccc(F)cc3)cc2)CC1. The standard InChI is InChI=1S/C20H23FN2O3S/c1-14(2)13-22-19(24)20(11-12-20)15-3-7-17(8-4-15)23-27(25,26)18-9-5-16(21)6-10-18/h3-10,14,23H,11-13H2,1-2H3,(H,22,24). The Hall–Kier alpha value is -2.41. The Morgan fingerprint density at radius 3 is 2.19 bits per heavy atom. The Morgan fingerprint density at radius 1 is 1.07 bits per heavy atom. The zero-order valence-electron chi connectivity index (χ0n) is 15.3. The zero-order valence-corrected chi connectivity index (χ0v) is 16.1. The van der Waals surface area contributed by atoms with Gasteiger partial charge in [-0.15, -0.1) is 0 Å². The molecule has 0 atom stereocenters. The van der Waals surface area contributed by atoms with Gasteiger partial charge in [0.25, 0.3) is 10.0 Å². The number of sulfonamides is 1. The van der Waals surface area contributed by atoms with Crippen LogP contribution >= 0.6 is 0 Å². The van der Waals surface area contributed by atoms with Crippen LogP contribution in [0.2, 0.25) is 0 Å².